The molecule has 0 radical (unpaired) electrons. The van der Waals surface area contributed by atoms with Crippen LogP contribution in [0.3, 0.4) is 0 Å². The first-order valence-electron chi connectivity index (χ1n) is 6.49. The number of hydrogen-bond acceptors (Lipinski definition) is 5. The average Bonchev–Trinajstić information content (AvgIpc) is 2.39. The molecule has 1 N–H and O–H groups in total. The molecule has 1 fully saturated rings. The third-order valence-corrected chi connectivity index (χ3v) is 2.76. The molecule has 7 nitrogen and oxygen atoms in total. The second-order valence-electron chi connectivity index (χ2n) is 4.15. The van der Waals surface area contributed by atoms with Gasteiger partial charge in [0.15, 0.2) is 0 Å². The van der Waals surface area contributed by atoms with Crippen LogP contribution in [0.1, 0.15) is 26.2 Å². The fourth-order valence-electron chi connectivity index (χ4n) is 1.89. The molecule has 19 heavy (non-hydrogen) atoms. The molecule has 0 bridgehead atoms. The summed E-state index contributed by atoms with van der Waals surface area (Å²) in [5.74, 6) is -0.410. The second-order valence-corrected chi connectivity index (χ2v) is 4.15. The van der Waals surface area contributed by atoms with Gasteiger partial charge in [0, 0.05) is 6.54 Å². The molecule has 1 atom stereocenters. The summed E-state index contributed by atoms with van der Waals surface area (Å²) in [5, 5.41) is 9.00. The van der Waals surface area contributed by atoms with Gasteiger partial charge >= 0.3 is 12.1 Å². The van der Waals surface area contributed by atoms with Gasteiger partial charge in [-0.1, -0.05) is 0 Å². The van der Waals surface area contributed by atoms with Crippen LogP contribution in [0.5, 0.6) is 0 Å². The van der Waals surface area contributed by atoms with Crippen molar-refractivity contribution in [2.75, 3.05) is 33.0 Å². The van der Waals surface area contributed by atoms with E-state index in [0.29, 0.717) is 19.6 Å². The predicted molar refractivity (Wildman–Crippen MR) is 65.8 cm³/mol. The normalized spacial score (nSPS) is 19.2. The maximum Gasteiger partial charge on any atom is 0.409 e. The van der Waals surface area contributed by atoms with Gasteiger partial charge in [0.25, 0.3) is 0 Å². The Kier molecular flexibility index (Phi) is 7.20. The van der Waals surface area contributed by atoms with E-state index >= 15 is 0 Å². The highest BCUT2D eigenvalue weighted by atomic mass is 16.6. The fourth-order valence-corrected chi connectivity index (χ4v) is 1.89. The lowest BCUT2D eigenvalue weighted by molar-refractivity contribution is -0.149. The van der Waals surface area contributed by atoms with Gasteiger partial charge in [0.1, 0.15) is 12.8 Å². The topological polar surface area (TPSA) is 85.3 Å². The van der Waals surface area contributed by atoms with Gasteiger partial charge < -0.3 is 19.3 Å². The first-order valence-corrected chi connectivity index (χ1v) is 6.49. The summed E-state index contributed by atoms with van der Waals surface area (Å²) in [4.78, 5) is 23.2. The number of carbonyl (C=O) groups excluding carboxylic acids is 1. The molecule has 1 saturated heterocycles. The number of carbonyl (C=O) groups is 2. The Balaban J connectivity index is 2.13. The highest BCUT2D eigenvalue weighted by Crippen LogP contribution is 2.17. The summed E-state index contributed by atoms with van der Waals surface area (Å²) in [5.41, 5.74) is 0. The van der Waals surface area contributed by atoms with Crippen molar-refractivity contribution >= 4 is 12.1 Å². The number of rotatable bonds is 7. The minimum Gasteiger partial charge on any atom is -0.465 e. The first kappa shape index (κ1) is 15.7. The lowest BCUT2D eigenvalue weighted by atomic mass is 10.1. The van der Waals surface area contributed by atoms with E-state index in [0.717, 1.165) is 12.8 Å². The van der Waals surface area contributed by atoms with Crippen LogP contribution in [0.2, 0.25) is 0 Å². The Morgan fingerprint density at radius 1 is 1.32 bits per heavy atom. The van der Waals surface area contributed by atoms with Gasteiger partial charge in [0.2, 0.25) is 0 Å². The van der Waals surface area contributed by atoms with Crippen molar-refractivity contribution in [3.8, 4) is 0 Å². The van der Waals surface area contributed by atoms with Crippen molar-refractivity contribution in [2.24, 2.45) is 0 Å². The van der Waals surface area contributed by atoms with Gasteiger partial charge in [-0.25, -0.2) is 9.59 Å². The number of piperidine rings is 1. The monoisotopic (exact) mass is 275 g/mol. The van der Waals surface area contributed by atoms with Crippen LogP contribution in [0, 0.1) is 0 Å². The van der Waals surface area contributed by atoms with E-state index in [1.54, 1.807) is 6.92 Å². The molecule has 1 rings (SSSR count). The van der Waals surface area contributed by atoms with E-state index in [9.17, 15) is 9.59 Å². The summed E-state index contributed by atoms with van der Waals surface area (Å²) >= 11 is 0. The number of likely N-dealkylation sites (tertiary alicyclic amines) is 1. The van der Waals surface area contributed by atoms with Gasteiger partial charge in [-0.3, -0.25) is 4.90 Å². The standard InChI is InChI=1S/C12H21NO6/c1-2-18-11(14)9-17-7-8-19-10-5-3-4-6-13(10)12(15)16/h10H,2-9H2,1H3,(H,15,16). The van der Waals surface area contributed by atoms with Crippen molar-refractivity contribution in [1.82, 2.24) is 4.90 Å². The van der Waals surface area contributed by atoms with E-state index in [4.69, 9.17) is 19.3 Å². The molecular formula is C12H21NO6. The molecule has 1 amide bonds. The predicted octanol–water partition coefficient (Wildman–Crippen LogP) is 1.07. The number of nitrogens with zero attached hydrogens (tertiary/aromatic N) is 1. The van der Waals surface area contributed by atoms with Gasteiger partial charge in [-0.15, -0.1) is 0 Å². The maximum atomic E-state index is 11.0. The van der Waals surface area contributed by atoms with E-state index in [1.165, 1.54) is 4.90 Å². The Labute approximate surface area is 112 Å². The first-order chi connectivity index (χ1) is 9.15. The Bertz CT molecular complexity index is 296. The van der Waals surface area contributed by atoms with Crippen LogP contribution in [-0.4, -0.2) is 61.3 Å². The average molecular weight is 275 g/mol. The Hall–Kier alpha value is -1.34. The number of esters is 1. The molecule has 0 spiro atoms. The van der Waals surface area contributed by atoms with Crippen LogP contribution in [0.4, 0.5) is 4.79 Å². The molecule has 1 aliphatic heterocycles. The lowest BCUT2D eigenvalue weighted by Gasteiger charge is -2.33. The number of ether oxygens (including phenoxy) is 3. The van der Waals surface area contributed by atoms with E-state index in [1.807, 2.05) is 0 Å². The van der Waals surface area contributed by atoms with Crippen molar-refractivity contribution in [3.63, 3.8) is 0 Å². The molecule has 0 aromatic carbocycles. The van der Waals surface area contributed by atoms with E-state index < -0.39 is 18.3 Å². The molecule has 1 heterocycles. The highest BCUT2D eigenvalue weighted by molar-refractivity contribution is 5.70. The highest BCUT2D eigenvalue weighted by Gasteiger charge is 2.26. The maximum absolute atomic E-state index is 11.0. The van der Waals surface area contributed by atoms with Gasteiger partial charge in [-0.2, -0.15) is 0 Å². The van der Waals surface area contributed by atoms with Crippen LogP contribution in [0.15, 0.2) is 0 Å². The molecular weight excluding hydrogens is 254 g/mol. The zero-order valence-electron chi connectivity index (χ0n) is 11.2. The summed E-state index contributed by atoms with van der Waals surface area (Å²) in [7, 11) is 0. The summed E-state index contributed by atoms with van der Waals surface area (Å²) in [6.45, 7) is 2.95. The zero-order valence-corrected chi connectivity index (χ0v) is 11.2. The zero-order chi connectivity index (χ0) is 14.1. The summed E-state index contributed by atoms with van der Waals surface area (Å²) in [6, 6.07) is 0. The van der Waals surface area contributed by atoms with Crippen LogP contribution in [-0.2, 0) is 19.0 Å². The van der Waals surface area contributed by atoms with Crippen molar-refractivity contribution < 1.29 is 28.9 Å². The smallest absolute Gasteiger partial charge is 0.409 e. The molecule has 0 saturated carbocycles. The largest absolute Gasteiger partial charge is 0.465 e. The number of hydrogen-bond donors (Lipinski definition) is 1. The van der Waals surface area contributed by atoms with E-state index in [2.05, 4.69) is 0 Å². The van der Waals surface area contributed by atoms with Crippen LogP contribution >= 0.6 is 0 Å². The Morgan fingerprint density at radius 2 is 2.11 bits per heavy atom. The van der Waals surface area contributed by atoms with Gasteiger partial charge in [-0.05, 0) is 26.2 Å². The van der Waals surface area contributed by atoms with Crippen molar-refractivity contribution in [1.29, 1.82) is 0 Å². The Morgan fingerprint density at radius 3 is 2.79 bits per heavy atom. The minimum absolute atomic E-state index is 0.107. The third-order valence-electron chi connectivity index (χ3n) is 2.76. The van der Waals surface area contributed by atoms with Gasteiger partial charge in [0.05, 0.1) is 19.8 Å². The summed E-state index contributed by atoms with van der Waals surface area (Å²) in [6.07, 6.45) is 1.16. The molecule has 0 aromatic heterocycles. The van der Waals surface area contributed by atoms with Crippen molar-refractivity contribution in [2.45, 2.75) is 32.4 Å². The van der Waals surface area contributed by atoms with Crippen LogP contribution in [0.25, 0.3) is 0 Å². The third kappa shape index (κ3) is 5.89. The molecule has 0 aliphatic carbocycles. The molecule has 0 aromatic rings. The molecule has 1 aliphatic rings. The molecule has 1 unspecified atom stereocenters. The number of carboxylic acid groups (broad SMARTS) is 1. The van der Waals surface area contributed by atoms with Crippen LogP contribution < -0.4 is 0 Å². The fraction of sp³-hybridized carbons (Fsp3) is 0.833. The SMILES string of the molecule is CCOC(=O)COCCOC1CCCCN1C(=O)O. The quantitative estimate of drug-likeness (QED) is 0.552. The second kappa shape index (κ2) is 8.71. The molecule has 110 valence electrons. The van der Waals surface area contributed by atoms with Crippen molar-refractivity contribution in [3.05, 3.63) is 0 Å². The molecule has 7 heteroatoms. The van der Waals surface area contributed by atoms with E-state index in [-0.39, 0.29) is 19.8 Å². The number of amides is 1. The lowest BCUT2D eigenvalue weighted by Crippen LogP contribution is -2.44. The minimum atomic E-state index is -0.961. The summed E-state index contributed by atoms with van der Waals surface area (Å²) < 4.78 is 15.2.